The predicted molar refractivity (Wildman–Crippen MR) is 49.6 cm³/mol. The summed E-state index contributed by atoms with van der Waals surface area (Å²) in [5, 5.41) is 1.73. The van der Waals surface area contributed by atoms with Gasteiger partial charge in [-0.05, 0) is 26.5 Å². The number of hydrogen-bond donors (Lipinski definition) is 1. The van der Waals surface area contributed by atoms with Gasteiger partial charge in [0.25, 0.3) is 0 Å². The highest BCUT2D eigenvalue weighted by Crippen LogP contribution is 2.20. The van der Waals surface area contributed by atoms with Crippen LogP contribution in [0.4, 0.5) is 0 Å². The fraction of sp³-hybridized carbons (Fsp3) is 0.875. The second-order valence-corrected chi connectivity index (χ2v) is 3.57. The van der Waals surface area contributed by atoms with E-state index in [0.29, 0.717) is 5.92 Å². The summed E-state index contributed by atoms with van der Waals surface area (Å²) >= 11 is 0. The third-order valence-electron chi connectivity index (χ3n) is 2.52. The Morgan fingerprint density at radius 2 is 2.09 bits per heavy atom. The molecule has 0 fully saturated rings. The summed E-state index contributed by atoms with van der Waals surface area (Å²) in [6, 6.07) is 0. The molecule has 0 radical (unpaired) electrons. The van der Waals surface area contributed by atoms with Gasteiger partial charge in [-0.25, -0.2) is 5.01 Å². The lowest BCUT2D eigenvalue weighted by molar-refractivity contribution is 0.102. The van der Waals surface area contributed by atoms with E-state index in [2.05, 4.69) is 32.5 Å². The van der Waals surface area contributed by atoms with Crippen molar-refractivity contribution in [2.24, 2.45) is 16.8 Å². The van der Waals surface area contributed by atoms with Gasteiger partial charge in [0.1, 0.15) is 0 Å². The maximum absolute atomic E-state index is 5.67. The molecule has 2 N–H and O–H groups in total. The molecule has 11 heavy (non-hydrogen) atoms. The number of hydrogen-bond acceptors (Lipinski definition) is 3. The Bertz CT molecular complexity index is 129. The van der Waals surface area contributed by atoms with Crippen molar-refractivity contribution in [1.29, 1.82) is 0 Å². The van der Waals surface area contributed by atoms with Gasteiger partial charge in [-0.15, -0.1) is 0 Å². The van der Waals surface area contributed by atoms with E-state index < -0.39 is 0 Å². The lowest BCUT2D eigenvalue weighted by Crippen LogP contribution is -2.51. The molecule has 0 aromatic rings. The standard InChI is InChI=1S/C8H19N3/c1-7(6-10-4)8(2,3)11(5)9/h7H,4,6,9H2,1-3,5H3/t7-/m1/s1. The topological polar surface area (TPSA) is 41.6 Å². The van der Waals surface area contributed by atoms with E-state index in [9.17, 15) is 0 Å². The van der Waals surface area contributed by atoms with Crippen LogP contribution in [0.15, 0.2) is 4.99 Å². The van der Waals surface area contributed by atoms with Gasteiger partial charge < -0.3 is 4.99 Å². The highest BCUT2D eigenvalue weighted by molar-refractivity contribution is 5.23. The van der Waals surface area contributed by atoms with Gasteiger partial charge in [-0.2, -0.15) is 0 Å². The number of hydrazine groups is 1. The lowest BCUT2D eigenvalue weighted by Gasteiger charge is -2.36. The summed E-state index contributed by atoms with van der Waals surface area (Å²) in [7, 11) is 1.87. The zero-order chi connectivity index (χ0) is 9.07. The number of nitrogens with two attached hydrogens (primary N) is 1. The Kier molecular flexibility index (Phi) is 3.69. The van der Waals surface area contributed by atoms with Crippen molar-refractivity contribution in [1.82, 2.24) is 5.01 Å². The van der Waals surface area contributed by atoms with E-state index in [-0.39, 0.29) is 5.54 Å². The molecule has 0 amide bonds. The molecule has 0 saturated carbocycles. The molecule has 0 aliphatic carbocycles. The summed E-state index contributed by atoms with van der Waals surface area (Å²) in [6.45, 7) is 10.5. The molecule has 66 valence electrons. The molecule has 0 aromatic heterocycles. The normalized spacial score (nSPS) is 15.1. The Hall–Kier alpha value is -0.410. The molecule has 0 spiro atoms. The van der Waals surface area contributed by atoms with Crippen LogP contribution in [0.1, 0.15) is 20.8 Å². The first-order chi connectivity index (χ1) is 4.92. The smallest absolute Gasteiger partial charge is 0.0425 e. The van der Waals surface area contributed by atoms with Crippen LogP contribution in [-0.4, -0.2) is 30.9 Å². The molecule has 0 aromatic carbocycles. The second-order valence-electron chi connectivity index (χ2n) is 3.57. The molecule has 0 aliphatic rings. The van der Waals surface area contributed by atoms with E-state index in [0.717, 1.165) is 6.54 Å². The minimum atomic E-state index is -0.0127. The van der Waals surface area contributed by atoms with E-state index in [1.165, 1.54) is 0 Å². The summed E-state index contributed by atoms with van der Waals surface area (Å²) < 4.78 is 0. The van der Waals surface area contributed by atoms with Crippen LogP contribution >= 0.6 is 0 Å². The van der Waals surface area contributed by atoms with E-state index in [1.54, 1.807) is 5.01 Å². The van der Waals surface area contributed by atoms with Gasteiger partial charge in [0.05, 0.1) is 0 Å². The van der Waals surface area contributed by atoms with Crippen molar-refractivity contribution in [3.8, 4) is 0 Å². The summed E-state index contributed by atoms with van der Waals surface area (Å²) in [5.41, 5.74) is -0.0127. The van der Waals surface area contributed by atoms with Gasteiger partial charge in [-0.1, -0.05) is 6.92 Å². The third-order valence-corrected chi connectivity index (χ3v) is 2.52. The molecule has 3 heteroatoms. The van der Waals surface area contributed by atoms with Crippen molar-refractivity contribution in [3.63, 3.8) is 0 Å². The van der Waals surface area contributed by atoms with E-state index >= 15 is 0 Å². The van der Waals surface area contributed by atoms with Crippen LogP contribution < -0.4 is 5.84 Å². The average Bonchev–Trinajstić information content (AvgIpc) is 1.88. The van der Waals surface area contributed by atoms with Gasteiger partial charge in [-0.3, -0.25) is 5.84 Å². The Morgan fingerprint density at radius 3 is 2.36 bits per heavy atom. The molecule has 3 nitrogen and oxygen atoms in total. The van der Waals surface area contributed by atoms with Gasteiger partial charge in [0.15, 0.2) is 0 Å². The zero-order valence-electron chi connectivity index (χ0n) is 7.96. The molecular weight excluding hydrogens is 138 g/mol. The number of aliphatic imine (C=N–C) groups is 1. The average molecular weight is 157 g/mol. The fourth-order valence-electron chi connectivity index (χ4n) is 0.765. The minimum absolute atomic E-state index is 0.0127. The van der Waals surface area contributed by atoms with Gasteiger partial charge >= 0.3 is 0 Å². The lowest BCUT2D eigenvalue weighted by atomic mass is 9.89. The van der Waals surface area contributed by atoms with Gasteiger partial charge in [0.2, 0.25) is 0 Å². The van der Waals surface area contributed by atoms with Crippen LogP contribution in [0.5, 0.6) is 0 Å². The number of rotatable bonds is 4. The molecule has 0 rings (SSSR count). The molecular formula is C8H19N3. The molecule has 0 aliphatic heterocycles. The molecule has 0 unspecified atom stereocenters. The van der Waals surface area contributed by atoms with Crippen LogP contribution in [0.25, 0.3) is 0 Å². The monoisotopic (exact) mass is 157 g/mol. The quantitative estimate of drug-likeness (QED) is 0.374. The Balaban J connectivity index is 4.16. The Labute approximate surface area is 69.3 Å². The van der Waals surface area contributed by atoms with Crippen LogP contribution in [0, 0.1) is 5.92 Å². The summed E-state index contributed by atoms with van der Waals surface area (Å²) in [4.78, 5) is 3.85. The first kappa shape index (κ1) is 10.6. The highest BCUT2D eigenvalue weighted by atomic mass is 15.4. The van der Waals surface area contributed by atoms with Crippen LogP contribution in [0.2, 0.25) is 0 Å². The summed E-state index contributed by atoms with van der Waals surface area (Å²) in [6.07, 6.45) is 0. The largest absolute Gasteiger partial charge is 0.301 e. The predicted octanol–water partition coefficient (Wildman–Crippen LogP) is 0.907. The van der Waals surface area contributed by atoms with E-state index in [4.69, 9.17) is 5.84 Å². The fourth-order valence-corrected chi connectivity index (χ4v) is 0.765. The van der Waals surface area contributed by atoms with Gasteiger partial charge in [0, 0.05) is 19.1 Å². The van der Waals surface area contributed by atoms with Crippen molar-refractivity contribution in [3.05, 3.63) is 0 Å². The maximum atomic E-state index is 5.67. The van der Waals surface area contributed by atoms with Crippen LogP contribution in [-0.2, 0) is 0 Å². The summed E-state index contributed by atoms with van der Waals surface area (Å²) in [5.74, 6) is 6.10. The maximum Gasteiger partial charge on any atom is 0.0425 e. The first-order valence-electron chi connectivity index (χ1n) is 3.84. The van der Waals surface area contributed by atoms with Crippen molar-refractivity contribution >= 4 is 6.72 Å². The highest BCUT2D eigenvalue weighted by Gasteiger charge is 2.27. The van der Waals surface area contributed by atoms with Crippen molar-refractivity contribution < 1.29 is 0 Å². The SMILES string of the molecule is C=NC[C@@H](C)C(C)(C)N(C)N. The third kappa shape index (κ3) is 2.60. The zero-order valence-corrected chi connectivity index (χ0v) is 7.96. The second kappa shape index (κ2) is 3.83. The molecule has 0 heterocycles. The minimum Gasteiger partial charge on any atom is -0.301 e. The number of nitrogens with zero attached hydrogens (tertiary/aromatic N) is 2. The first-order valence-corrected chi connectivity index (χ1v) is 3.84. The molecule has 1 atom stereocenters. The van der Waals surface area contributed by atoms with Crippen molar-refractivity contribution in [2.45, 2.75) is 26.3 Å². The van der Waals surface area contributed by atoms with Crippen LogP contribution in [0.3, 0.4) is 0 Å². The molecule has 0 saturated heterocycles. The Morgan fingerprint density at radius 1 is 1.64 bits per heavy atom. The molecule has 0 bridgehead atoms. The van der Waals surface area contributed by atoms with E-state index in [1.807, 2.05) is 7.05 Å². The van der Waals surface area contributed by atoms with Crippen molar-refractivity contribution in [2.75, 3.05) is 13.6 Å².